The summed E-state index contributed by atoms with van der Waals surface area (Å²) in [5, 5.41) is 4.25. The van der Waals surface area contributed by atoms with Crippen molar-refractivity contribution in [1.82, 2.24) is 20.2 Å². The van der Waals surface area contributed by atoms with Crippen molar-refractivity contribution in [3.05, 3.63) is 30.1 Å². The van der Waals surface area contributed by atoms with Crippen LogP contribution in [0.4, 0.5) is 4.79 Å². The molecule has 1 aromatic carbocycles. The maximum Gasteiger partial charge on any atom is 0.326 e. The fourth-order valence-corrected chi connectivity index (χ4v) is 2.57. The number of nitrogens with zero attached hydrogens (tertiary/aromatic N) is 2. The van der Waals surface area contributed by atoms with E-state index in [2.05, 4.69) is 10.3 Å². The van der Waals surface area contributed by atoms with Crippen molar-refractivity contribution < 1.29 is 19.1 Å². The predicted molar refractivity (Wildman–Crippen MR) is 90.5 cm³/mol. The monoisotopic (exact) mass is 350 g/mol. The lowest BCUT2D eigenvalue weighted by Gasteiger charge is -2.09. The first-order chi connectivity index (χ1) is 11.5. The first-order valence-electron chi connectivity index (χ1n) is 7.15. The summed E-state index contributed by atoms with van der Waals surface area (Å²) in [4.78, 5) is 38.9. The fraction of sp³-hybridized carbons (Fsp3) is 0.333. The molecule has 0 saturated heterocycles. The number of urea groups is 1. The van der Waals surface area contributed by atoms with Crippen LogP contribution in [-0.2, 0) is 26.6 Å². The summed E-state index contributed by atoms with van der Waals surface area (Å²) < 4.78 is 6.69. The normalized spacial score (nSPS) is 10.4. The average molecular weight is 350 g/mol. The molecule has 2 N–H and O–H groups in total. The number of para-hydroxylation sites is 2. The van der Waals surface area contributed by atoms with E-state index in [1.807, 2.05) is 35.8 Å². The highest BCUT2D eigenvalue weighted by Gasteiger charge is 2.15. The van der Waals surface area contributed by atoms with Crippen molar-refractivity contribution in [1.29, 1.82) is 0 Å². The maximum atomic E-state index is 12.0. The number of rotatable bonds is 6. The zero-order valence-corrected chi connectivity index (χ0v) is 14.2. The van der Waals surface area contributed by atoms with Crippen LogP contribution in [0.3, 0.4) is 0 Å². The van der Waals surface area contributed by atoms with Crippen LogP contribution >= 0.6 is 11.8 Å². The molecule has 9 heteroatoms. The van der Waals surface area contributed by atoms with Crippen LogP contribution in [0.15, 0.2) is 24.3 Å². The molecule has 0 atom stereocenters. The number of carbonyl (C=O) groups excluding carboxylic acids is 3. The third-order valence-corrected chi connectivity index (χ3v) is 3.69. The molecule has 0 saturated carbocycles. The van der Waals surface area contributed by atoms with Gasteiger partial charge in [0.15, 0.2) is 6.61 Å². The second kappa shape index (κ2) is 8.34. The van der Waals surface area contributed by atoms with Crippen LogP contribution in [0, 0.1) is 0 Å². The molecule has 2 rings (SSSR count). The quantitative estimate of drug-likeness (QED) is 0.751. The molecule has 0 unspecified atom stereocenters. The molecule has 1 aromatic heterocycles. The van der Waals surface area contributed by atoms with Crippen LogP contribution < -0.4 is 10.6 Å². The zero-order valence-electron chi connectivity index (χ0n) is 13.4. The number of benzene rings is 1. The number of fused-ring (bicyclic) bond motifs is 1. The molecule has 0 bridgehead atoms. The lowest BCUT2D eigenvalue weighted by molar-refractivity contribution is -0.148. The summed E-state index contributed by atoms with van der Waals surface area (Å²) >= 11 is 1.59. The van der Waals surface area contributed by atoms with Gasteiger partial charge in [0.1, 0.15) is 12.4 Å². The molecule has 3 amide bonds. The second-order valence-electron chi connectivity index (χ2n) is 4.82. The average Bonchev–Trinajstić information content (AvgIpc) is 2.91. The number of ether oxygens (including phenoxy) is 1. The molecular weight excluding hydrogens is 332 g/mol. The Hall–Kier alpha value is -2.55. The van der Waals surface area contributed by atoms with E-state index in [1.54, 1.807) is 16.3 Å². The van der Waals surface area contributed by atoms with E-state index in [1.165, 1.54) is 7.05 Å². The minimum Gasteiger partial charge on any atom is -0.454 e. The lowest BCUT2D eigenvalue weighted by atomic mass is 10.3. The van der Waals surface area contributed by atoms with E-state index in [0.717, 1.165) is 16.9 Å². The molecule has 1 heterocycles. The van der Waals surface area contributed by atoms with E-state index in [0.29, 0.717) is 5.75 Å². The Morgan fingerprint density at radius 2 is 2.04 bits per heavy atom. The van der Waals surface area contributed by atoms with Crippen molar-refractivity contribution in [2.24, 2.45) is 0 Å². The van der Waals surface area contributed by atoms with E-state index in [9.17, 15) is 14.4 Å². The van der Waals surface area contributed by atoms with Gasteiger partial charge in [-0.05, 0) is 18.4 Å². The third-order valence-electron chi connectivity index (χ3n) is 3.14. The minimum atomic E-state index is -0.692. The number of carbonyl (C=O) groups is 3. The van der Waals surface area contributed by atoms with Gasteiger partial charge < -0.3 is 14.6 Å². The van der Waals surface area contributed by atoms with Gasteiger partial charge in [-0.2, -0.15) is 11.8 Å². The molecule has 0 aliphatic carbocycles. The van der Waals surface area contributed by atoms with E-state index in [4.69, 9.17) is 4.74 Å². The Morgan fingerprint density at radius 3 is 2.75 bits per heavy atom. The van der Waals surface area contributed by atoms with Gasteiger partial charge in [-0.15, -0.1) is 0 Å². The minimum absolute atomic E-state index is 0.0519. The van der Waals surface area contributed by atoms with Gasteiger partial charge in [-0.3, -0.25) is 14.9 Å². The van der Waals surface area contributed by atoms with Crippen molar-refractivity contribution in [3.8, 4) is 0 Å². The highest BCUT2D eigenvalue weighted by Crippen LogP contribution is 2.19. The van der Waals surface area contributed by atoms with Gasteiger partial charge in [0, 0.05) is 7.05 Å². The number of thioether (sulfide) groups is 1. The van der Waals surface area contributed by atoms with Crippen molar-refractivity contribution in [2.45, 2.75) is 12.3 Å². The molecule has 8 nitrogen and oxygen atoms in total. The largest absolute Gasteiger partial charge is 0.454 e. The Kier molecular flexibility index (Phi) is 6.19. The molecule has 0 aliphatic rings. The highest BCUT2D eigenvalue weighted by atomic mass is 32.2. The van der Waals surface area contributed by atoms with Gasteiger partial charge in [0.2, 0.25) is 0 Å². The number of amides is 3. The van der Waals surface area contributed by atoms with Gasteiger partial charge in [-0.25, -0.2) is 9.78 Å². The standard InChI is InChI=1S/C15H18N4O4S/c1-16-15(22)18-13(20)8-23-14(21)7-19-11-6-4-3-5-10(11)17-12(19)9-24-2/h3-6H,7-9H2,1-2H3,(H2,16,18,20,22). The van der Waals surface area contributed by atoms with Crippen LogP contribution in [0.5, 0.6) is 0 Å². The molecule has 2 aromatic rings. The number of nitrogens with one attached hydrogen (secondary N) is 2. The van der Waals surface area contributed by atoms with Gasteiger partial charge in [0.25, 0.3) is 5.91 Å². The summed E-state index contributed by atoms with van der Waals surface area (Å²) in [7, 11) is 1.38. The van der Waals surface area contributed by atoms with Gasteiger partial charge >= 0.3 is 12.0 Å². The maximum absolute atomic E-state index is 12.0. The number of aromatic nitrogens is 2. The Balaban J connectivity index is 2.03. The van der Waals surface area contributed by atoms with E-state index in [-0.39, 0.29) is 6.54 Å². The second-order valence-corrected chi connectivity index (χ2v) is 5.69. The predicted octanol–water partition coefficient (Wildman–Crippen LogP) is 0.898. The fourth-order valence-electron chi connectivity index (χ4n) is 2.09. The Bertz CT molecular complexity index is 759. The molecule has 0 fully saturated rings. The lowest BCUT2D eigenvalue weighted by Crippen LogP contribution is -2.39. The van der Waals surface area contributed by atoms with Crippen molar-refractivity contribution in [3.63, 3.8) is 0 Å². The van der Waals surface area contributed by atoms with Crippen molar-refractivity contribution >= 4 is 40.7 Å². The molecular formula is C15H18N4O4S. The number of hydrogen-bond donors (Lipinski definition) is 2. The molecule has 128 valence electrons. The Morgan fingerprint density at radius 1 is 1.29 bits per heavy atom. The zero-order chi connectivity index (χ0) is 17.5. The molecule has 0 radical (unpaired) electrons. The smallest absolute Gasteiger partial charge is 0.326 e. The van der Waals surface area contributed by atoms with Crippen LogP contribution in [-0.4, -0.2) is 47.4 Å². The van der Waals surface area contributed by atoms with E-state index < -0.39 is 24.5 Å². The Labute approximate surface area is 142 Å². The van der Waals surface area contributed by atoms with Gasteiger partial charge in [0.05, 0.1) is 16.8 Å². The van der Waals surface area contributed by atoms with Gasteiger partial charge in [-0.1, -0.05) is 12.1 Å². The summed E-state index contributed by atoms with van der Waals surface area (Å²) in [5.41, 5.74) is 1.63. The topological polar surface area (TPSA) is 102 Å². The summed E-state index contributed by atoms with van der Waals surface area (Å²) in [6, 6.07) is 6.84. The molecule has 0 aliphatic heterocycles. The van der Waals surface area contributed by atoms with Crippen molar-refractivity contribution in [2.75, 3.05) is 19.9 Å². The van der Waals surface area contributed by atoms with Crippen LogP contribution in [0.1, 0.15) is 5.82 Å². The number of imide groups is 1. The molecule has 0 spiro atoms. The number of esters is 1. The number of imidazole rings is 1. The van der Waals surface area contributed by atoms with Crippen LogP contribution in [0.25, 0.3) is 11.0 Å². The molecule has 24 heavy (non-hydrogen) atoms. The van der Waals surface area contributed by atoms with E-state index >= 15 is 0 Å². The highest BCUT2D eigenvalue weighted by molar-refractivity contribution is 7.97. The summed E-state index contributed by atoms with van der Waals surface area (Å²) in [6.07, 6.45) is 1.95. The first-order valence-corrected chi connectivity index (χ1v) is 8.54. The summed E-state index contributed by atoms with van der Waals surface area (Å²) in [5.74, 6) is 0.143. The van der Waals surface area contributed by atoms with Crippen LogP contribution in [0.2, 0.25) is 0 Å². The first kappa shape index (κ1) is 17.8. The third kappa shape index (κ3) is 4.48. The summed E-state index contributed by atoms with van der Waals surface area (Å²) in [6.45, 7) is -0.569. The SMILES string of the molecule is CNC(=O)NC(=O)COC(=O)Cn1c(CSC)nc2ccccc21. The number of hydrogen-bond acceptors (Lipinski definition) is 6.